The Morgan fingerprint density at radius 3 is 2.84 bits per heavy atom. The lowest BCUT2D eigenvalue weighted by molar-refractivity contribution is 0.187. The minimum absolute atomic E-state index is 0.00443. The predicted molar refractivity (Wildman–Crippen MR) is 94.4 cm³/mol. The standard InChI is InChI=1S/C18H24N6O/c1-22-15-7-8-17(22)13-23(10-9-15)18(25)19-11-14-12-24(21-20-14)16-5-3-2-4-6-16/h2-6,12,15,17H,7-11,13H2,1H3,(H,19,25). The Morgan fingerprint density at radius 1 is 1.20 bits per heavy atom. The van der Waals surface area contributed by atoms with E-state index in [0.717, 1.165) is 30.9 Å². The molecule has 7 nitrogen and oxygen atoms in total. The third-order valence-corrected chi connectivity index (χ3v) is 5.42. The molecule has 2 bridgehead atoms. The highest BCUT2D eigenvalue weighted by atomic mass is 16.2. The van der Waals surface area contributed by atoms with E-state index in [0.29, 0.717) is 18.6 Å². The van der Waals surface area contributed by atoms with Crippen LogP contribution in [-0.2, 0) is 6.54 Å². The molecule has 7 heteroatoms. The zero-order chi connectivity index (χ0) is 17.2. The number of para-hydroxylation sites is 1. The number of rotatable bonds is 3. The first-order valence-electron chi connectivity index (χ1n) is 8.92. The molecule has 0 radical (unpaired) electrons. The largest absolute Gasteiger partial charge is 0.332 e. The quantitative estimate of drug-likeness (QED) is 0.923. The summed E-state index contributed by atoms with van der Waals surface area (Å²) in [5.74, 6) is 0. The molecule has 2 aliphatic rings. The van der Waals surface area contributed by atoms with Gasteiger partial charge in [0.15, 0.2) is 0 Å². The highest BCUT2D eigenvalue weighted by Gasteiger charge is 2.35. The van der Waals surface area contributed by atoms with Gasteiger partial charge in [-0.2, -0.15) is 0 Å². The second-order valence-corrected chi connectivity index (χ2v) is 6.93. The minimum atomic E-state index is -0.00443. The molecule has 1 aromatic heterocycles. The number of likely N-dealkylation sites (tertiary alicyclic amines) is 1. The van der Waals surface area contributed by atoms with Crippen LogP contribution in [0.2, 0.25) is 0 Å². The number of aromatic nitrogens is 3. The van der Waals surface area contributed by atoms with Crippen LogP contribution in [0, 0.1) is 0 Å². The molecule has 2 atom stereocenters. The summed E-state index contributed by atoms with van der Waals surface area (Å²) in [4.78, 5) is 16.9. The van der Waals surface area contributed by atoms with E-state index in [2.05, 4.69) is 27.6 Å². The van der Waals surface area contributed by atoms with Gasteiger partial charge in [-0.1, -0.05) is 23.4 Å². The van der Waals surface area contributed by atoms with Gasteiger partial charge < -0.3 is 10.2 Å². The van der Waals surface area contributed by atoms with E-state index in [4.69, 9.17) is 0 Å². The molecule has 2 fully saturated rings. The lowest BCUT2D eigenvalue weighted by Gasteiger charge is -2.25. The number of likely N-dealkylation sites (N-methyl/N-ethyl adjacent to an activating group) is 1. The molecule has 132 valence electrons. The van der Waals surface area contributed by atoms with Gasteiger partial charge in [0.25, 0.3) is 0 Å². The number of carbonyl (C=O) groups is 1. The zero-order valence-electron chi connectivity index (χ0n) is 14.5. The predicted octanol–water partition coefficient (Wildman–Crippen LogP) is 1.65. The fourth-order valence-corrected chi connectivity index (χ4v) is 3.86. The number of carbonyl (C=O) groups excluding carboxylic acids is 1. The van der Waals surface area contributed by atoms with Crippen molar-refractivity contribution >= 4 is 6.03 Å². The lowest BCUT2D eigenvalue weighted by atomic mass is 10.1. The maximum Gasteiger partial charge on any atom is 0.317 e. The first-order chi connectivity index (χ1) is 12.2. The molecule has 0 spiro atoms. The van der Waals surface area contributed by atoms with Crippen LogP contribution in [0.15, 0.2) is 36.5 Å². The summed E-state index contributed by atoms with van der Waals surface area (Å²) in [6, 6.07) is 11.0. The Balaban J connectivity index is 1.34. The molecule has 4 rings (SSSR count). The first kappa shape index (κ1) is 16.1. The van der Waals surface area contributed by atoms with Crippen LogP contribution in [0.1, 0.15) is 25.0 Å². The first-order valence-corrected chi connectivity index (χ1v) is 8.92. The van der Waals surface area contributed by atoms with E-state index in [-0.39, 0.29) is 6.03 Å². The van der Waals surface area contributed by atoms with Crippen LogP contribution in [0.3, 0.4) is 0 Å². The number of urea groups is 1. The maximum absolute atomic E-state index is 12.5. The van der Waals surface area contributed by atoms with E-state index in [1.807, 2.05) is 41.4 Å². The number of hydrogen-bond acceptors (Lipinski definition) is 4. The van der Waals surface area contributed by atoms with Gasteiger partial charge in [-0.15, -0.1) is 5.10 Å². The van der Waals surface area contributed by atoms with E-state index in [1.54, 1.807) is 4.68 Å². The molecule has 3 heterocycles. The van der Waals surface area contributed by atoms with Crippen LogP contribution in [-0.4, -0.2) is 63.0 Å². The average Bonchev–Trinajstić information content (AvgIpc) is 3.18. The molecule has 2 aromatic rings. The normalized spacial score (nSPS) is 23.5. The summed E-state index contributed by atoms with van der Waals surface area (Å²) in [5.41, 5.74) is 1.71. The van der Waals surface area contributed by atoms with Gasteiger partial charge in [0.05, 0.1) is 18.4 Å². The Bertz CT molecular complexity index is 730. The van der Waals surface area contributed by atoms with Gasteiger partial charge in [0.1, 0.15) is 5.69 Å². The van der Waals surface area contributed by atoms with Gasteiger partial charge in [0.2, 0.25) is 0 Å². The molecule has 1 aromatic carbocycles. The van der Waals surface area contributed by atoms with Crippen LogP contribution >= 0.6 is 0 Å². The van der Waals surface area contributed by atoms with Gasteiger partial charge in [-0.05, 0) is 38.4 Å². The Morgan fingerprint density at radius 2 is 2.00 bits per heavy atom. The van der Waals surface area contributed by atoms with Crippen LogP contribution in [0.4, 0.5) is 4.79 Å². The molecule has 1 N–H and O–H groups in total. The Hall–Kier alpha value is -2.41. The van der Waals surface area contributed by atoms with E-state index >= 15 is 0 Å². The number of fused-ring (bicyclic) bond motifs is 2. The minimum Gasteiger partial charge on any atom is -0.332 e. The molecule has 25 heavy (non-hydrogen) atoms. The van der Waals surface area contributed by atoms with Gasteiger partial charge >= 0.3 is 6.03 Å². The van der Waals surface area contributed by atoms with Crippen molar-refractivity contribution in [1.29, 1.82) is 0 Å². The number of nitrogens with one attached hydrogen (secondary N) is 1. The summed E-state index contributed by atoms with van der Waals surface area (Å²) in [7, 11) is 2.19. The SMILES string of the molecule is CN1C2CCC1CN(C(=O)NCc1cn(-c3ccccc3)nn1)CC2. The Kier molecular flexibility index (Phi) is 4.40. The molecular weight excluding hydrogens is 316 g/mol. The lowest BCUT2D eigenvalue weighted by Crippen LogP contribution is -2.44. The second kappa shape index (κ2) is 6.84. The maximum atomic E-state index is 12.5. The zero-order valence-corrected chi connectivity index (χ0v) is 14.5. The molecular formula is C18H24N6O. The summed E-state index contributed by atoms with van der Waals surface area (Å²) < 4.78 is 1.72. The molecule has 2 saturated heterocycles. The van der Waals surface area contributed by atoms with Crippen molar-refractivity contribution in [1.82, 2.24) is 30.1 Å². The summed E-state index contributed by atoms with van der Waals surface area (Å²) in [6.45, 7) is 2.04. The summed E-state index contributed by atoms with van der Waals surface area (Å²) >= 11 is 0. The Labute approximate surface area is 147 Å². The van der Waals surface area contributed by atoms with Crippen molar-refractivity contribution in [3.8, 4) is 5.69 Å². The van der Waals surface area contributed by atoms with Crippen molar-refractivity contribution in [2.24, 2.45) is 0 Å². The van der Waals surface area contributed by atoms with Crippen molar-refractivity contribution in [2.45, 2.75) is 37.9 Å². The smallest absolute Gasteiger partial charge is 0.317 e. The number of benzene rings is 1. The molecule has 2 unspecified atom stereocenters. The van der Waals surface area contributed by atoms with Gasteiger partial charge in [0, 0.05) is 25.2 Å². The van der Waals surface area contributed by atoms with Gasteiger partial charge in [-0.3, -0.25) is 4.90 Å². The number of nitrogens with zero attached hydrogens (tertiary/aromatic N) is 5. The molecule has 0 aliphatic carbocycles. The van der Waals surface area contributed by atoms with Crippen molar-refractivity contribution in [2.75, 3.05) is 20.1 Å². The highest BCUT2D eigenvalue weighted by molar-refractivity contribution is 5.74. The molecule has 2 amide bonds. The van der Waals surface area contributed by atoms with Crippen molar-refractivity contribution < 1.29 is 4.79 Å². The van der Waals surface area contributed by atoms with Gasteiger partial charge in [-0.25, -0.2) is 9.48 Å². The van der Waals surface area contributed by atoms with E-state index < -0.39 is 0 Å². The third-order valence-electron chi connectivity index (χ3n) is 5.42. The number of amides is 2. The van der Waals surface area contributed by atoms with E-state index in [1.165, 1.54) is 12.8 Å². The monoisotopic (exact) mass is 340 g/mol. The van der Waals surface area contributed by atoms with E-state index in [9.17, 15) is 4.79 Å². The molecule has 2 aliphatic heterocycles. The second-order valence-electron chi connectivity index (χ2n) is 6.93. The van der Waals surface area contributed by atoms with Crippen LogP contribution < -0.4 is 5.32 Å². The molecule has 0 saturated carbocycles. The number of hydrogen-bond donors (Lipinski definition) is 1. The average molecular weight is 340 g/mol. The van der Waals surface area contributed by atoms with Crippen molar-refractivity contribution in [3.63, 3.8) is 0 Å². The third kappa shape index (κ3) is 3.37. The summed E-state index contributed by atoms with van der Waals surface area (Å²) in [5, 5.41) is 11.3. The fraction of sp³-hybridized carbons (Fsp3) is 0.500. The topological polar surface area (TPSA) is 66.3 Å². The highest BCUT2D eigenvalue weighted by Crippen LogP contribution is 2.28. The summed E-state index contributed by atoms with van der Waals surface area (Å²) in [6.07, 6.45) is 5.37. The van der Waals surface area contributed by atoms with Crippen LogP contribution in [0.5, 0.6) is 0 Å². The van der Waals surface area contributed by atoms with Crippen LogP contribution in [0.25, 0.3) is 5.69 Å². The fourth-order valence-electron chi connectivity index (χ4n) is 3.86. The van der Waals surface area contributed by atoms with Crippen molar-refractivity contribution in [3.05, 3.63) is 42.2 Å².